The van der Waals surface area contributed by atoms with Crippen LogP contribution >= 0.6 is 8.25 Å². The molecule has 0 spiro atoms. The molecule has 3 rings (SSSR count). The molecule has 0 heterocycles. The van der Waals surface area contributed by atoms with Crippen molar-refractivity contribution in [3.05, 3.63) is 65.7 Å². The van der Waals surface area contributed by atoms with Crippen LogP contribution in [0.15, 0.2) is 54.6 Å². The van der Waals surface area contributed by atoms with Crippen LogP contribution in [0.1, 0.15) is 29.4 Å². The third-order valence-corrected chi connectivity index (χ3v) is 9.32. The van der Waals surface area contributed by atoms with E-state index in [0.29, 0.717) is 0 Å². The fourth-order valence-corrected chi connectivity index (χ4v) is 5.66. The Labute approximate surface area is 118 Å². The second-order valence-electron chi connectivity index (χ2n) is 4.73. The van der Waals surface area contributed by atoms with Gasteiger partial charge in [0, 0.05) is 0 Å². The zero-order valence-corrected chi connectivity index (χ0v) is 15.9. The van der Waals surface area contributed by atoms with Crippen LogP contribution in [0, 0.1) is 0 Å². The van der Waals surface area contributed by atoms with Gasteiger partial charge in [-0.3, -0.25) is 0 Å². The average Bonchev–Trinajstić information content (AvgIpc) is 3.20. The van der Waals surface area contributed by atoms with Crippen LogP contribution in [-0.2, 0) is 23.3 Å². The van der Waals surface area contributed by atoms with Gasteiger partial charge in [-0.2, -0.15) is 0 Å². The molecule has 0 amide bonds. The summed E-state index contributed by atoms with van der Waals surface area (Å²) >= 11 is -1.20. The van der Waals surface area contributed by atoms with Gasteiger partial charge in [0.25, 0.3) is 0 Å². The van der Waals surface area contributed by atoms with Crippen molar-refractivity contribution in [2.75, 3.05) is 0 Å². The van der Waals surface area contributed by atoms with E-state index >= 15 is 0 Å². The van der Waals surface area contributed by atoms with E-state index < -0.39 is 23.3 Å². The van der Waals surface area contributed by atoms with Crippen LogP contribution in [0.2, 0.25) is 0 Å². The van der Waals surface area contributed by atoms with Crippen molar-refractivity contribution in [1.29, 1.82) is 0 Å². The Hall–Kier alpha value is -0.335. The molecule has 0 aliphatic heterocycles. The maximum absolute atomic E-state index is 6.02. The van der Waals surface area contributed by atoms with E-state index in [1.807, 2.05) is 0 Å². The summed E-state index contributed by atoms with van der Waals surface area (Å²) in [6.45, 7) is 0. The Morgan fingerprint density at radius 2 is 1.41 bits per heavy atom. The Balaban J connectivity index is 1.76. The van der Waals surface area contributed by atoms with Crippen molar-refractivity contribution >= 4 is 11.3 Å². The quantitative estimate of drug-likeness (QED) is 0.651. The van der Waals surface area contributed by atoms with Gasteiger partial charge in [0.05, 0.1) is 0 Å². The molecule has 0 nitrogen and oxygen atoms in total. The van der Waals surface area contributed by atoms with E-state index in [9.17, 15) is 0 Å². The van der Waals surface area contributed by atoms with Crippen LogP contribution in [0.3, 0.4) is 0 Å². The van der Waals surface area contributed by atoms with Crippen molar-refractivity contribution in [3.63, 3.8) is 0 Å². The van der Waals surface area contributed by atoms with Crippen molar-refractivity contribution in [3.8, 4) is 0 Å². The Morgan fingerprint density at radius 1 is 0.824 bits per heavy atom. The summed E-state index contributed by atoms with van der Waals surface area (Å²) in [5.74, 6) is 1.47. The van der Waals surface area contributed by atoms with Crippen LogP contribution in [0.25, 0.3) is 0 Å². The van der Waals surface area contributed by atoms with E-state index in [-0.39, 0.29) is 0 Å². The zero-order valence-electron chi connectivity index (χ0n) is 9.64. The van der Waals surface area contributed by atoms with E-state index in [4.69, 9.17) is 8.25 Å². The van der Waals surface area contributed by atoms with Crippen molar-refractivity contribution in [1.82, 2.24) is 0 Å². The average molecular weight is 429 g/mol. The van der Waals surface area contributed by atoms with Gasteiger partial charge in [0.15, 0.2) is 0 Å². The molecule has 2 atom stereocenters. The number of rotatable bonds is 3. The summed E-state index contributed by atoms with van der Waals surface area (Å²) in [5, 5.41) is 0. The van der Waals surface area contributed by atoms with Gasteiger partial charge in [0.1, 0.15) is 0 Å². The van der Waals surface area contributed by atoms with Gasteiger partial charge < -0.3 is 0 Å². The van der Waals surface area contributed by atoms with Crippen LogP contribution in [-0.4, -0.2) is 0 Å². The van der Waals surface area contributed by atoms with Crippen LogP contribution < -0.4 is 3.07 Å². The number of halogens is 1. The van der Waals surface area contributed by atoms with Crippen molar-refractivity contribution in [2.45, 2.75) is 18.3 Å². The molecule has 0 radical (unpaired) electrons. The van der Waals surface area contributed by atoms with E-state index in [2.05, 4.69) is 54.6 Å². The number of hydrogen-bond acceptors (Lipinski definition) is 0. The summed E-state index contributed by atoms with van der Waals surface area (Å²) in [6.07, 6.45) is 1.30. The van der Waals surface area contributed by atoms with Crippen LogP contribution in [0.4, 0.5) is 0 Å². The molecule has 82 valence electrons. The molecule has 2 aromatic rings. The van der Waals surface area contributed by atoms with Gasteiger partial charge in [-0.05, 0) is 0 Å². The summed E-state index contributed by atoms with van der Waals surface area (Å²) < 4.78 is 1.42. The molecule has 2 unspecified atom stereocenters. The van der Waals surface area contributed by atoms with Gasteiger partial charge in [-0.1, -0.05) is 0 Å². The molecule has 2 aromatic carbocycles. The summed E-state index contributed by atoms with van der Waals surface area (Å²) in [7, 11) is 6.02. The molecule has 1 saturated carbocycles. The summed E-state index contributed by atoms with van der Waals surface area (Å²) in [5.41, 5.74) is 2.97. The summed E-state index contributed by atoms with van der Waals surface area (Å²) in [4.78, 5) is 0. The molecule has 0 bridgehead atoms. The molecular formula is C15H13ClHg. The van der Waals surface area contributed by atoms with Gasteiger partial charge in [-0.15, -0.1) is 0 Å². The van der Waals surface area contributed by atoms with Gasteiger partial charge in [-0.25, -0.2) is 0 Å². The predicted octanol–water partition coefficient (Wildman–Crippen LogP) is 3.82. The van der Waals surface area contributed by atoms with Crippen LogP contribution in [0.5, 0.6) is 0 Å². The van der Waals surface area contributed by atoms with E-state index in [1.165, 1.54) is 20.6 Å². The first-order valence-electron chi connectivity index (χ1n) is 6.08. The SMILES string of the molecule is [Cl][Hg][c]1ccc(C2CC2c2ccccc2)cc1. The second kappa shape index (κ2) is 5.11. The topological polar surface area (TPSA) is 0 Å². The molecule has 1 aliphatic carbocycles. The minimum absolute atomic E-state index is 0.735. The molecule has 1 fully saturated rings. The molecule has 0 N–H and O–H groups in total. The standard InChI is InChI=1S/C15H13.ClH.Hg/c1-3-7-12(8-4-1)14-11-15(14)13-9-5-2-6-10-13;;/h1,3-10,14-15H,11H2;1H;/q;;+1/p-1. The predicted molar refractivity (Wildman–Crippen MR) is 68.5 cm³/mol. The first kappa shape index (κ1) is 11.7. The third kappa shape index (κ3) is 2.58. The fraction of sp³-hybridized carbons (Fsp3) is 0.200. The zero-order chi connectivity index (χ0) is 11.7. The number of benzene rings is 2. The molecule has 0 saturated heterocycles. The molecular weight excluding hydrogens is 416 g/mol. The Morgan fingerprint density at radius 3 is 2.00 bits per heavy atom. The third-order valence-electron chi connectivity index (χ3n) is 3.58. The first-order chi connectivity index (χ1) is 8.38. The monoisotopic (exact) mass is 430 g/mol. The normalized spacial score (nSPS) is 21.9. The van der Waals surface area contributed by atoms with Crippen molar-refractivity contribution in [2.24, 2.45) is 0 Å². The maximum atomic E-state index is 6.02. The fourth-order valence-electron chi connectivity index (χ4n) is 2.49. The molecule has 0 aromatic heterocycles. The summed E-state index contributed by atoms with van der Waals surface area (Å²) in [6, 6.07) is 19.9. The Bertz CT molecular complexity index is 492. The molecule has 1 aliphatic rings. The molecule has 2 heteroatoms. The first-order valence-corrected chi connectivity index (χ1v) is 15.6. The minimum atomic E-state index is -1.20. The Kier molecular flexibility index (Phi) is 3.53. The van der Waals surface area contributed by atoms with E-state index in [1.54, 1.807) is 0 Å². The van der Waals surface area contributed by atoms with Gasteiger partial charge in [0.2, 0.25) is 0 Å². The van der Waals surface area contributed by atoms with Crippen molar-refractivity contribution < 1.29 is 23.3 Å². The number of hydrogen-bond donors (Lipinski definition) is 0. The molecule has 17 heavy (non-hydrogen) atoms. The van der Waals surface area contributed by atoms with E-state index in [0.717, 1.165) is 11.8 Å². The van der Waals surface area contributed by atoms with Gasteiger partial charge >= 0.3 is 119 Å². The second-order valence-corrected chi connectivity index (χ2v) is 11.3.